The Morgan fingerprint density at radius 1 is 1.07 bits per heavy atom. The van der Waals surface area contributed by atoms with Crippen LogP contribution >= 0.6 is 7.82 Å². The third-order valence-corrected chi connectivity index (χ3v) is 5.55. The molecule has 1 aliphatic heterocycles. The van der Waals surface area contributed by atoms with Crippen molar-refractivity contribution in [2.45, 2.75) is 73.5 Å². The smallest absolute Gasteiger partial charge is 0.464 e. The number of phosphoric acid groups is 1. The van der Waals surface area contributed by atoms with Crippen LogP contribution in [0.1, 0.15) is 61.8 Å². The number of methoxy groups -OCH3 is 1. The number of amides is 1. The van der Waals surface area contributed by atoms with Gasteiger partial charge in [-0.3, -0.25) is 13.9 Å². The molecule has 0 aliphatic carbocycles. The fourth-order valence-corrected chi connectivity index (χ4v) is 4.05. The Morgan fingerprint density at radius 2 is 1.59 bits per heavy atom. The van der Waals surface area contributed by atoms with Crippen molar-refractivity contribution < 1.29 is 37.2 Å². The third-order valence-electron chi connectivity index (χ3n) is 3.96. The van der Waals surface area contributed by atoms with E-state index in [-0.39, 0.29) is 31.1 Å². The van der Waals surface area contributed by atoms with Gasteiger partial charge in [-0.15, -0.1) is 0 Å². The molecule has 0 unspecified atom stereocenters. The zero-order valence-electron chi connectivity index (χ0n) is 18.9. The zero-order chi connectivity index (χ0) is 22.6. The molecule has 29 heavy (non-hydrogen) atoms. The highest BCUT2D eigenvalue weighted by Gasteiger charge is 2.49. The second kappa shape index (κ2) is 9.49. The fraction of sp³-hybridized carbons (Fsp3) is 0.789. The van der Waals surface area contributed by atoms with Crippen molar-refractivity contribution in [2.24, 2.45) is 5.41 Å². The molecule has 0 radical (unpaired) electrons. The minimum atomic E-state index is -3.98. The Hall–Kier alpha value is -1.57. The van der Waals surface area contributed by atoms with E-state index in [9.17, 15) is 14.2 Å². The molecule has 10 heteroatoms. The molecular formula is C19H34NO8P. The van der Waals surface area contributed by atoms with E-state index in [1.54, 1.807) is 34.6 Å². The molecule has 1 aliphatic rings. The van der Waals surface area contributed by atoms with Crippen LogP contribution in [0.4, 0.5) is 4.79 Å². The molecular weight excluding hydrogens is 401 g/mol. The van der Waals surface area contributed by atoms with Crippen LogP contribution in [-0.2, 0) is 32.4 Å². The van der Waals surface area contributed by atoms with Gasteiger partial charge in [0.2, 0.25) is 0 Å². The van der Waals surface area contributed by atoms with E-state index in [0.29, 0.717) is 0 Å². The summed E-state index contributed by atoms with van der Waals surface area (Å²) in [5.74, 6) is -0.801. The number of phosphoric ester groups is 1. The number of carbonyl (C=O) groups is 2. The maximum absolute atomic E-state index is 13.0. The average molecular weight is 435 g/mol. The average Bonchev–Trinajstić information content (AvgIpc) is 2.92. The van der Waals surface area contributed by atoms with E-state index in [1.165, 1.54) is 12.0 Å². The maximum Gasteiger partial charge on any atom is 0.529 e. The molecule has 0 bridgehead atoms. The lowest BCUT2D eigenvalue weighted by molar-refractivity contribution is -0.138. The molecule has 1 heterocycles. The van der Waals surface area contributed by atoms with Crippen LogP contribution < -0.4 is 0 Å². The van der Waals surface area contributed by atoms with Crippen molar-refractivity contribution in [3.05, 3.63) is 11.5 Å². The van der Waals surface area contributed by atoms with Crippen LogP contribution in [0, 0.1) is 5.41 Å². The number of hydrogen-bond acceptors (Lipinski definition) is 8. The number of ether oxygens (including phenoxy) is 2. The van der Waals surface area contributed by atoms with Gasteiger partial charge in [-0.1, -0.05) is 20.8 Å². The largest absolute Gasteiger partial charge is 0.529 e. The summed E-state index contributed by atoms with van der Waals surface area (Å²) in [5, 5.41) is 0. The summed E-state index contributed by atoms with van der Waals surface area (Å²) in [5.41, 5.74) is -1.40. The number of rotatable bonds is 7. The molecule has 0 aromatic heterocycles. The van der Waals surface area contributed by atoms with Crippen molar-refractivity contribution >= 4 is 19.9 Å². The van der Waals surface area contributed by atoms with E-state index in [0.717, 1.165) is 0 Å². The Labute approximate surface area is 173 Å². The molecule has 168 valence electrons. The fourth-order valence-electron chi connectivity index (χ4n) is 2.81. The van der Waals surface area contributed by atoms with Gasteiger partial charge in [0.25, 0.3) is 0 Å². The van der Waals surface area contributed by atoms with Gasteiger partial charge in [-0.2, -0.15) is 0 Å². The topological polar surface area (TPSA) is 101 Å². The molecule has 0 N–H and O–H groups in total. The van der Waals surface area contributed by atoms with Crippen molar-refractivity contribution in [2.75, 3.05) is 20.3 Å². The summed E-state index contributed by atoms with van der Waals surface area (Å²) in [6.45, 7) is 14.4. The van der Waals surface area contributed by atoms with E-state index in [4.69, 9.17) is 23.0 Å². The second-order valence-corrected chi connectivity index (χ2v) is 10.2. The lowest BCUT2D eigenvalue weighted by Crippen LogP contribution is -2.47. The number of carbonyl (C=O) groups excluding carboxylic acids is 2. The van der Waals surface area contributed by atoms with Crippen LogP contribution in [-0.4, -0.2) is 48.9 Å². The molecule has 0 saturated carbocycles. The SMILES string of the molecule is CCOP(=O)(OCC)OC1=C(C(=O)OC)N(C(=O)OC(C)(C)C)[C@@H](C(C)(C)C)C1. The van der Waals surface area contributed by atoms with Crippen molar-refractivity contribution in [3.8, 4) is 0 Å². The predicted octanol–water partition coefficient (Wildman–Crippen LogP) is 4.62. The van der Waals surface area contributed by atoms with E-state index >= 15 is 0 Å². The van der Waals surface area contributed by atoms with Crippen molar-refractivity contribution in [3.63, 3.8) is 0 Å². The highest BCUT2D eigenvalue weighted by atomic mass is 31.2. The van der Waals surface area contributed by atoms with Gasteiger partial charge in [0.05, 0.1) is 26.4 Å². The van der Waals surface area contributed by atoms with E-state index < -0.39 is 36.9 Å². The van der Waals surface area contributed by atoms with Gasteiger partial charge < -0.3 is 14.0 Å². The van der Waals surface area contributed by atoms with Gasteiger partial charge in [-0.25, -0.2) is 14.2 Å². The number of esters is 1. The monoisotopic (exact) mass is 435 g/mol. The molecule has 1 rings (SSSR count). The molecule has 0 aromatic rings. The molecule has 9 nitrogen and oxygen atoms in total. The summed E-state index contributed by atoms with van der Waals surface area (Å²) in [6.07, 6.45) is -0.601. The lowest BCUT2D eigenvalue weighted by Gasteiger charge is -2.36. The first-order chi connectivity index (χ1) is 13.2. The van der Waals surface area contributed by atoms with E-state index in [1.807, 2.05) is 20.8 Å². The molecule has 0 saturated heterocycles. The van der Waals surface area contributed by atoms with Crippen molar-refractivity contribution in [1.82, 2.24) is 4.90 Å². The second-order valence-electron chi connectivity index (χ2n) is 8.57. The Morgan fingerprint density at radius 3 is 1.97 bits per heavy atom. The predicted molar refractivity (Wildman–Crippen MR) is 107 cm³/mol. The standard InChI is InChI=1S/C19H34NO8P/c1-10-25-29(23,26-11-2)28-13-12-14(18(3,4)5)20(15(13)16(21)24-9)17(22)27-19(6,7)8/h14H,10-12H2,1-9H3/t14-/m1/s1. The Balaban J connectivity index is 3.51. The Bertz CT molecular complexity index is 679. The highest BCUT2D eigenvalue weighted by Crippen LogP contribution is 2.54. The van der Waals surface area contributed by atoms with Gasteiger partial charge in [0, 0.05) is 6.42 Å². The molecule has 1 atom stereocenters. The van der Waals surface area contributed by atoms with Gasteiger partial charge >= 0.3 is 19.9 Å². The minimum absolute atomic E-state index is 0.00728. The van der Waals surface area contributed by atoms with Gasteiger partial charge in [-0.05, 0) is 40.0 Å². The number of nitrogens with zero attached hydrogens (tertiary/aromatic N) is 1. The normalized spacial score (nSPS) is 18.1. The first kappa shape index (κ1) is 25.5. The molecule has 0 fully saturated rings. The van der Waals surface area contributed by atoms with Crippen LogP contribution in [0.5, 0.6) is 0 Å². The summed E-state index contributed by atoms with van der Waals surface area (Å²) < 4.78 is 39.2. The first-order valence-electron chi connectivity index (χ1n) is 9.61. The maximum atomic E-state index is 13.0. The summed E-state index contributed by atoms with van der Waals surface area (Å²) >= 11 is 0. The van der Waals surface area contributed by atoms with E-state index in [2.05, 4.69) is 0 Å². The highest BCUT2D eigenvalue weighted by molar-refractivity contribution is 7.48. The molecule has 0 spiro atoms. The zero-order valence-corrected chi connectivity index (χ0v) is 19.8. The molecule has 1 amide bonds. The quantitative estimate of drug-likeness (QED) is 0.422. The first-order valence-corrected chi connectivity index (χ1v) is 11.1. The van der Waals surface area contributed by atoms with Gasteiger partial charge in [0.1, 0.15) is 11.4 Å². The van der Waals surface area contributed by atoms with Crippen LogP contribution in [0.2, 0.25) is 0 Å². The summed E-state index contributed by atoms with van der Waals surface area (Å²) in [7, 11) is -2.79. The minimum Gasteiger partial charge on any atom is -0.464 e. The van der Waals surface area contributed by atoms with Crippen LogP contribution in [0.3, 0.4) is 0 Å². The van der Waals surface area contributed by atoms with Crippen LogP contribution in [0.15, 0.2) is 11.5 Å². The Kier molecular flexibility index (Phi) is 8.34. The summed E-state index contributed by atoms with van der Waals surface area (Å²) in [4.78, 5) is 26.8. The lowest BCUT2D eigenvalue weighted by atomic mass is 9.85. The molecule has 0 aromatic carbocycles. The summed E-state index contributed by atoms with van der Waals surface area (Å²) in [6, 6.07) is -0.502. The van der Waals surface area contributed by atoms with Crippen molar-refractivity contribution in [1.29, 1.82) is 0 Å². The third kappa shape index (κ3) is 6.73. The van der Waals surface area contributed by atoms with Crippen LogP contribution in [0.25, 0.3) is 0 Å². The number of hydrogen-bond donors (Lipinski definition) is 0. The van der Waals surface area contributed by atoms with Gasteiger partial charge in [0.15, 0.2) is 5.70 Å².